The summed E-state index contributed by atoms with van der Waals surface area (Å²) < 4.78 is 18.6. The topological polar surface area (TPSA) is 42.4 Å². The Hall–Kier alpha value is -2.14. The Kier molecular flexibility index (Phi) is 4.48. The van der Waals surface area contributed by atoms with Crippen LogP contribution in [0.5, 0.6) is 5.88 Å². The summed E-state index contributed by atoms with van der Waals surface area (Å²) in [6.07, 6.45) is 2.30. The highest BCUT2D eigenvalue weighted by molar-refractivity contribution is 6.29. The number of anilines is 1. The number of fused-ring (bicyclic) bond motifs is 1. The van der Waals surface area contributed by atoms with E-state index in [-0.39, 0.29) is 23.6 Å². The molecule has 0 N–H and O–H groups in total. The van der Waals surface area contributed by atoms with E-state index in [1.54, 1.807) is 23.2 Å². The number of pyridine rings is 1. The van der Waals surface area contributed by atoms with Crippen molar-refractivity contribution in [1.29, 1.82) is 0 Å². The molecule has 0 bridgehead atoms. The summed E-state index contributed by atoms with van der Waals surface area (Å²) in [5.74, 6) is -0.0984. The van der Waals surface area contributed by atoms with Gasteiger partial charge in [0.05, 0.1) is 6.04 Å². The first-order valence-corrected chi connectivity index (χ1v) is 7.86. The van der Waals surface area contributed by atoms with Crippen molar-refractivity contribution in [2.75, 3.05) is 17.4 Å². The van der Waals surface area contributed by atoms with Crippen LogP contribution in [0, 0.1) is 5.82 Å². The van der Waals surface area contributed by atoms with Gasteiger partial charge in [0.1, 0.15) is 24.0 Å². The second-order valence-corrected chi connectivity index (χ2v) is 5.80. The van der Waals surface area contributed by atoms with Gasteiger partial charge in [0.2, 0.25) is 11.8 Å². The Labute approximate surface area is 138 Å². The normalized spacial score (nSPS) is 16.7. The third-order valence-electron chi connectivity index (χ3n) is 3.75. The first-order chi connectivity index (χ1) is 11.1. The van der Waals surface area contributed by atoms with Gasteiger partial charge in [0.25, 0.3) is 0 Å². The minimum absolute atomic E-state index is 0.0913. The quantitative estimate of drug-likeness (QED) is 0.810. The average Bonchev–Trinajstić information content (AvgIpc) is 2.56. The molecule has 0 aliphatic carbocycles. The molecule has 1 aliphatic rings. The summed E-state index contributed by atoms with van der Waals surface area (Å²) in [5, 5.41) is 0. The molecule has 1 aromatic carbocycles. The van der Waals surface area contributed by atoms with Gasteiger partial charge in [-0.1, -0.05) is 12.1 Å². The van der Waals surface area contributed by atoms with Crippen molar-refractivity contribution in [2.24, 2.45) is 0 Å². The maximum Gasteiger partial charge on any atom is 0.242 e. The van der Waals surface area contributed by atoms with Crippen molar-refractivity contribution in [3.8, 4) is 5.88 Å². The van der Waals surface area contributed by atoms with Crippen LogP contribution < -0.4 is 9.64 Å². The van der Waals surface area contributed by atoms with Crippen LogP contribution in [-0.4, -0.2) is 29.4 Å². The predicted molar refractivity (Wildman–Crippen MR) is 86.6 cm³/mol. The third kappa shape index (κ3) is 3.29. The van der Waals surface area contributed by atoms with Crippen molar-refractivity contribution < 1.29 is 13.9 Å². The number of carbonyl (C=O) groups excluding carboxylic acids is 1. The van der Waals surface area contributed by atoms with Gasteiger partial charge in [-0.05, 0) is 42.7 Å². The third-order valence-corrected chi connectivity index (χ3v) is 3.98. The van der Waals surface area contributed by atoms with Crippen molar-refractivity contribution in [3.05, 3.63) is 53.5 Å². The van der Waals surface area contributed by atoms with E-state index >= 15 is 0 Å². The van der Waals surface area contributed by atoms with Gasteiger partial charge in [0.15, 0.2) is 0 Å². The lowest BCUT2D eigenvalue weighted by Gasteiger charge is -2.34. The zero-order valence-electron chi connectivity index (χ0n) is 12.6. The first-order valence-electron chi connectivity index (χ1n) is 7.32. The number of hydrogen-bond donors (Lipinski definition) is 0. The molecule has 0 radical (unpaired) electrons. The molecule has 0 fully saturated rings. The molecule has 1 unspecified atom stereocenters. The number of rotatable bonds is 3. The highest BCUT2D eigenvalue weighted by atomic mass is 35.5. The van der Waals surface area contributed by atoms with Gasteiger partial charge in [0, 0.05) is 6.20 Å². The van der Waals surface area contributed by atoms with Crippen LogP contribution >= 0.6 is 11.6 Å². The van der Waals surface area contributed by atoms with Crippen LogP contribution in [-0.2, 0) is 11.2 Å². The smallest absolute Gasteiger partial charge is 0.242 e. The van der Waals surface area contributed by atoms with Crippen molar-refractivity contribution in [2.45, 2.75) is 19.4 Å². The van der Waals surface area contributed by atoms with E-state index in [4.69, 9.17) is 16.3 Å². The molecule has 1 aliphatic heterocycles. The SMILES string of the molecule is CC1COc2ncc(Cc3ccc(F)cc3)cc2N1C(=O)CCl. The van der Waals surface area contributed by atoms with E-state index in [1.807, 2.05) is 13.0 Å². The lowest BCUT2D eigenvalue weighted by Crippen LogP contribution is -2.46. The van der Waals surface area contributed by atoms with Gasteiger partial charge >= 0.3 is 0 Å². The van der Waals surface area contributed by atoms with Crippen LogP contribution in [0.15, 0.2) is 36.5 Å². The lowest BCUT2D eigenvalue weighted by molar-refractivity contribution is -0.117. The summed E-state index contributed by atoms with van der Waals surface area (Å²) in [6, 6.07) is 8.10. The Morgan fingerprint density at radius 2 is 2.13 bits per heavy atom. The molecule has 1 amide bonds. The summed E-state index contributed by atoms with van der Waals surface area (Å²) >= 11 is 5.71. The predicted octanol–water partition coefficient (Wildman–Crippen LogP) is 3.16. The minimum atomic E-state index is -0.265. The number of aromatic nitrogens is 1. The maximum atomic E-state index is 13.0. The lowest BCUT2D eigenvalue weighted by atomic mass is 10.1. The van der Waals surface area contributed by atoms with Crippen LogP contribution in [0.4, 0.5) is 10.1 Å². The van der Waals surface area contributed by atoms with E-state index in [9.17, 15) is 9.18 Å². The average molecular weight is 335 g/mol. The van der Waals surface area contributed by atoms with E-state index in [0.717, 1.165) is 11.1 Å². The Morgan fingerprint density at radius 3 is 2.83 bits per heavy atom. The molecule has 0 saturated heterocycles. The Morgan fingerprint density at radius 1 is 1.39 bits per heavy atom. The van der Waals surface area contributed by atoms with Crippen molar-refractivity contribution >= 4 is 23.2 Å². The van der Waals surface area contributed by atoms with Gasteiger partial charge in [-0.3, -0.25) is 4.79 Å². The van der Waals surface area contributed by atoms with Crippen molar-refractivity contribution in [3.63, 3.8) is 0 Å². The number of nitrogens with zero attached hydrogens (tertiary/aromatic N) is 2. The zero-order chi connectivity index (χ0) is 16.4. The summed E-state index contributed by atoms with van der Waals surface area (Å²) in [6.45, 7) is 2.29. The van der Waals surface area contributed by atoms with Gasteiger partial charge in [-0.25, -0.2) is 9.37 Å². The molecule has 1 atom stereocenters. The van der Waals surface area contributed by atoms with E-state index in [2.05, 4.69) is 4.98 Å². The fourth-order valence-electron chi connectivity index (χ4n) is 2.66. The number of alkyl halides is 1. The number of halogens is 2. The fraction of sp³-hybridized carbons (Fsp3) is 0.294. The molecule has 2 aromatic rings. The highest BCUT2D eigenvalue weighted by Gasteiger charge is 2.30. The highest BCUT2D eigenvalue weighted by Crippen LogP contribution is 2.33. The van der Waals surface area contributed by atoms with Gasteiger partial charge in [-0.2, -0.15) is 0 Å². The Bertz CT molecular complexity index is 721. The number of ether oxygens (including phenoxy) is 1. The monoisotopic (exact) mass is 334 g/mol. The van der Waals surface area contributed by atoms with E-state index in [0.29, 0.717) is 24.6 Å². The standard InChI is InChI=1S/C17H16ClFN2O2/c1-11-10-23-17-15(21(11)16(22)8-18)7-13(9-20-17)6-12-2-4-14(19)5-3-12/h2-5,7,9,11H,6,8,10H2,1H3. The van der Waals surface area contributed by atoms with Crippen molar-refractivity contribution in [1.82, 2.24) is 4.98 Å². The van der Waals surface area contributed by atoms with Gasteiger partial charge in [-0.15, -0.1) is 11.6 Å². The first kappa shape index (κ1) is 15.7. The Balaban J connectivity index is 1.92. The molecule has 3 rings (SSSR count). The second-order valence-electron chi connectivity index (χ2n) is 5.53. The number of benzene rings is 1. The molecule has 1 aromatic heterocycles. The van der Waals surface area contributed by atoms with Crippen LogP contribution in [0.3, 0.4) is 0 Å². The molecule has 0 saturated carbocycles. The molecule has 23 heavy (non-hydrogen) atoms. The summed E-state index contributed by atoms with van der Waals surface area (Å²) in [4.78, 5) is 18.0. The maximum absolute atomic E-state index is 13.0. The molecule has 120 valence electrons. The largest absolute Gasteiger partial charge is 0.474 e. The number of hydrogen-bond acceptors (Lipinski definition) is 3. The van der Waals surface area contributed by atoms with E-state index < -0.39 is 0 Å². The molecule has 2 heterocycles. The molecular weight excluding hydrogens is 319 g/mol. The van der Waals surface area contributed by atoms with Crippen LogP contribution in [0.25, 0.3) is 0 Å². The van der Waals surface area contributed by atoms with Gasteiger partial charge < -0.3 is 9.64 Å². The number of amides is 1. The summed E-state index contributed by atoms with van der Waals surface area (Å²) in [5.41, 5.74) is 2.52. The molecule has 6 heteroatoms. The number of carbonyl (C=O) groups is 1. The molecule has 0 spiro atoms. The van der Waals surface area contributed by atoms with E-state index in [1.165, 1.54) is 12.1 Å². The zero-order valence-corrected chi connectivity index (χ0v) is 13.4. The molecule has 4 nitrogen and oxygen atoms in total. The van der Waals surface area contributed by atoms with Crippen LogP contribution in [0.1, 0.15) is 18.1 Å². The second kappa shape index (κ2) is 6.54. The molecular formula is C17H16ClFN2O2. The van der Waals surface area contributed by atoms with Crippen LogP contribution in [0.2, 0.25) is 0 Å². The fourth-order valence-corrected chi connectivity index (χ4v) is 2.79. The minimum Gasteiger partial charge on any atom is -0.474 e. The summed E-state index contributed by atoms with van der Waals surface area (Å²) in [7, 11) is 0.